The largest absolute Gasteiger partial charge is 0.497 e. The maximum Gasteiger partial charge on any atom is 0.193 e. The SMILES string of the molecule is COc1ccc(C2Nc3ccc(C(=O)c4ccccc4)cc3NC3=C2C(=O)CCC3)cc1. The Balaban J connectivity index is 1.56. The molecule has 0 amide bonds. The monoisotopic (exact) mass is 424 g/mol. The normalized spacial score (nSPS) is 17.4. The van der Waals surface area contributed by atoms with Crippen LogP contribution in [0.4, 0.5) is 11.4 Å². The molecule has 160 valence electrons. The summed E-state index contributed by atoms with van der Waals surface area (Å²) in [4.78, 5) is 26.0. The Hall–Kier alpha value is -3.86. The van der Waals surface area contributed by atoms with E-state index < -0.39 is 0 Å². The molecule has 2 aliphatic rings. The molecule has 1 atom stereocenters. The highest BCUT2D eigenvalue weighted by Crippen LogP contribution is 2.41. The summed E-state index contributed by atoms with van der Waals surface area (Å²) in [5.74, 6) is 0.898. The molecule has 0 aromatic heterocycles. The Kier molecular flexibility index (Phi) is 5.23. The van der Waals surface area contributed by atoms with Crippen molar-refractivity contribution in [3.63, 3.8) is 0 Å². The van der Waals surface area contributed by atoms with Gasteiger partial charge in [0.05, 0.1) is 24.5 Å². The van der Waals surface area contributed by atoms with Crippen LogP contribution >= 0.6 is 0 Å². The number of nitrogens with one attached hydrogen (secondary N) is 2. The predicted octanol–water partition coefficient (Wildman–Crippen LogP) is 5.51. The number of hydrogen-bond acceptors (Lipinski definition) is 5. The highest BCUT2D eigenvalue weighted by molar-refractivity contribution is 6.10. The molecule has 0 radical (unpaired) electrons. The summed E-state index contributed by atoms with van der Waals surface area (Å²) < 4.78 is 5.29. The van der Waals surface area contributed by atoms with E-state index in [1.54, 1.807) is 7.11 Å². The smallest absolute Gasteiger partial charge is 0.193 e. The first-order chi connectivity index (χ1) is 15.6. The van der Waals surface area contributed by atoms with Gasteiger partial charge in [0.15, 0.2) is 11.6 Å². The third-order valence-electron chi connectivity index (χ3n) is 6.10. The molecule has 0 saturated carbocycles. The molecule has 1 aliphatic carbocycles. The van der Waals surface area contributed by atoms with Crippen LogP contribution in [0.1, 0.15) is 46.8 Å². The summed E-state index contributed by atoms with van der Waals surface area (Å²) in [5.41, 5.74) is 5.62. The zero-order chi connectivity index (χ0) is 22.1. The molecule has 0 bridgehead atoms. The number of carbonyl (C=O) groups excluding carboxylic acids is 2. The summed E-state index contributed by atoms with van der Waals surface area (Å²) in [6.45, 7) is 0. The minimum Gasteiger partial charge on any atom is -0.497 e. The number of methoxy groups -OCH3 is 1. The van der Waals surface area contributed by atoms with Crippen molar-refractivity contribution in [1.29, 1.82) is 0 Å². The van der Waals surface area contributed by atoms with E-state index in [0.717, 1.165) is 46.8 Å². The van der Waals surface area contributed by atoms with Gasteiger partial charge in [0.25, 0.3) is 0 Å². The van der Waals surface area contributed by atoms with Crippen molar-refractivity contribution in [1.82, 2.24) is 0 Å². The van der Waals surface area contributed by atoms with E-state index in [9.17, 15) is 9.59 Å². The van der Waals surface area contributed by atoms with Gasteiger partial charge in [-0.05, 0) is 48.7 Å². The fourth-order valence-corrected chi connectivity index (χ4v) is 4.44. The lowest BCUT2D eigenvalue weighted by Gasteiger charge is -2.25. The van der Waals surface area contributed by atoms with Gasteiger partial charge in [-0.3, -0.25) is 9.59 Å². The van der Waals surface area contributed by atoms with Crippen LogP contribution in [0.25, 0.3) is 0 Å². The number of benzene rings is 3. The molecular formula is C27H24N2O3. The number of ether oxygens (including phenoxy) is 1. The van der Waals surface area contributed by atoms with Gasteiger partial charge < -0.3 is 15.4 Å². The Morgan fingerprint density at radius 3 is 2.44 bits per heavy atom. The van der Waals surface area contributed by atoms with Crippen molar-refractivity contribution in [3.8, 4) is 5.75 Å². The number of allylic oxidation sites excluding steroid dienone is 1. The zero-order valence-electron chi connectivity index (χ0n) is 17.9. The number of rotatable bonds is 4. The lowest BCUT2D eigenvalue weighted by Crippen LogP contribution is -2.23. The van der Waals surface area contributed by atoms with Gasteiger partial charge in [0, 0.05) is 28.8 Å². The number of anilines is 2. The van der Waals surface area contributed by atoms with Crippen molar-refractivity contribution in [2.75, 3.05) is 17.7 Å². The number of hydrogen-bond donors (Lipinski definition) is 2. The quantitative estimate of drug-likeness (QED) is 0.541. The summed E-state index contributed by atoms with van der Waals surface area (Å²) in [6.07, 6.45) is 2.16. The van der Waals surface area contributed by atoms with Gasteiger partial charge >= 0.3 is 0 Å². The number of ketones is 2. The molecule has 2 N–H and O–H groups in total. The first-order valence-electron chi connectivity index (χ1n) is 10.8. The summed E-state index contributed by atoms with van der Waals surface area (Å²) in [5, 5.41) is 7.04. The average Bonchev–Trinajstić information content (AvgIpc) is 3.01. The highest BCUT2D eigenvalue weighted by atomic mass is 16.5. The standard InChI is InChI=1S/C27H24N2O3/c1-32-20-13-10-17(11-14-20)26-25-22(8-5-9-24(25)30)28-23-16-19(12-15-21(23)29-26)27(31)18-6-3-2-4-7-18/h2-4,6-7,10-16,26,28-29H,5,8-9H2,1H3. The fourth-order valence-electron chi connectivity index (χ4n) is 4.44. The van der Waals surface area contributed by atoms with Gasteiger partial charge in [-0.2, -0.15) is 0 Å². The summed E-state index contributed by atoms with van der Waals surface area (Å²) >= 11 is 0. The third-order valence-corrected chi connectivity index (χ3v) is 6.10. The van der Waals surface area contributed by atoms with E-state index in [2.05, 4.69) is 10.6 Å². The van der Waals surface area contributed by atoms with E-state index in [0.29, 0.717) is 17.5 Å². The van der Waals surface area contributed by atoms with E-state index in [1.807, 2.05) is 72.8 Å². The Labute approximate surface area is 187 Å². The third kappa shape index (κ3) is 3.66. The molecule has 0 spiro atoms. The molecule has 5 heteroatoms. The van der Waals surface area contributed by atoms with Crippen LogP contribution in [0.2, 0.25) is 0 Å². The maximum atomic E-state index is 13.0. The fraction of sp³-hybridized carbons (Fsp3) is 0.185. The van der Waals surface area contributed by atoms with Crippen molar-refractivity contribution < 1.29 is 14.3 Å². The van der Waals surface area contributed by atoms with Gasteiger partial charge in [-0.25, -0.2) is 0 Å². The second-order valence-electron chi connectivity index (χ2n) is 8.10. The lowest BCUT2D eigenvalue weighted by atomic mass is 9.87. The minimum atomic E-state index is -0.270. The van der Waals surface area contributed by atoms with Crippen molar-refractivity contribution in [3.05, 3.63) is 101 Å². The zero-order valence-corrected chi connectivity index (χ0v) is 17.9. The average molecular weight is 425 g/mol. The van der Waals surface area contributed by atoms with Crippen LogP contribution in [-0.2, 0) is 4.79 Å². The van der Waals surface area contributed by atoms with E-state index in [1.165, 1.54) is 0 Å². The van der Waals surface area contributed by atoms with E-state index in [-0.39, 0.29) is 17.6 Å². The van der Waals surface area contributed by atoms with Gasteiger partial charge in [0.1, 0.15) is 5.75 Å². The van der Waals surface area contributed by atoms with Crippen molar-refractivity contribution in [2.24, 2.45) is 0 Å². The van der Waals surface area contributed by atoms with Crippen LogP contribution < -0.4 is 15.4 Å². The topological polar surface area (TPSA) is 67.4 Å². The summed E-state index contributed by atoms with van der Waals surface area (Å²) in [6, 6.07) is 22.4. The van der Waals surface area contributed by atoms with Crippen LogP contribution in [-0.4, -0.2) is 18.7 Å². The van der Waals surface area contributed by atoms with Crippen LogP contribution in [0.15, 0.2) is 84.1 Å². The number of fused-ring (bicyclic) bond motifs is 1. The maximum absolute atomic E-state index is 13.0. The van der Waals surface area contributed by atoms with Crippen LogP contribution in [0, 0.1) is 0 Å². The van der Waals surface area contributed by atoms with Gasteiger partial charge in [-0.1, -0.05) is 42.5 Å². The van der Waals surface area contributed by atoms with Crippen LogP contribution in [0.3, 0.4) is 0 Å². The molecule has 3 aromatic rings. The Morgan fingerprint density at radius 1 is 0.906 bits per heavy atom. The summed E-state index contributed by atoms with van der Waals surface area (Å²) in [7, 11) is 1.64. The molecule has 1 aliphatic heterocycles. The van der Waals surface area contributed by atoms with Crippen molar-refractivity contribution >= 4 is 22.9 Å². The van der Waals surface area contributed by atoms with Gasteiger partial charge in [-0.15, -0.1) is 0 Å². The van der Waals surface area contributed by atoms with Crippen LogP contribution in [0.5, 0.6) is 5.75 Å². The Bertz CT molecular complexity index is 1210. The minimum absolute atomic E-state index is 0.0277. The molecule has 5 nitrogen and oxygen atoms in total. The number of carbonyl (C=O) groups is 2. The number of Topliss-reactive ketones (excluding diaryl/α,β-unsaturated/α-hetero) is 1. The Morgan fingerprint density at radius 2 is 1.69 bits per heavy atom. The molecule has 1 unspecified atom stereocenters. The second kappa shape index (κ2) is 8.35. The molecule has 32 heavy (non-hydrogen) atoms. The molecule has 1 heterocycles. The van der Waals surface area contributed by atoms with Crippen molar-refractivity contribution in [2.45, 2.75) is 25.3 Å². The first kappa shape index (κ1) is 20.1. The second-order valence-corrected chi connectivity index (χ2v) is 8.10. The molecule has 5 rings (SSSR count). The van der Waals surface area contributed by atoms with E-state index >= 15 is 0 Å². The molecule has 0 fully saturated rings. The predicted molar refractivity (Wildman–Crippen MR) is 125 cm³/mol. The first-order valence-corrected chi connectivity index (χ1v) is 10.8. The van der Waals surface area contributed by atoms with Gasteiger partial charge in [0.2, 0.25) is 0 Å². The highest BCUT2D eigenvalue weighted by Gasteiger charge is 2.32. The lowest BCUT2D eigenvalue weighted by molar-refractivity contribution is -0.116. The molecule has 0 saturated heterocycles. The van der Waals surface area contributed by atoms with E-state index in [4.69, 9.17) is 4.74 Å². The molecule has 3 aromatic carbocycles. The molecular weight excluding hydrogens is 400 g/mol.